The molecule has 5 heteroatoms. The molecular weight excluding hydrogens is 172 g/mol. The Kier molecular flexibility index (Phi) is 2.71. The third-order valence-corrected chi connectivity index (χ3v) is 1.57. The van der Waals surface area contributed by atoms with Gasteiger partial charge in [0.2, 0.25) is 0 Å². The molecule has 0 saturated carbocycles. The largest absolute Gasteiger partial charge is 0.504 e. The number of phenols is 1. The third-order valence-electron chi connectivity index (χ3n) is 1.57. The van der Waals surface area contributed by atoms with Gasteiger partial charge in [-0.1, -0.05) is 0 Å². The molecule has 0 aliphatic rings. The second kappa shape index (κ2) is 3.77. The number of benzene rings is 1. The van der Waals surface area contributed by atoms with Crippen LogP contribution in [0.5, 0.6) is 11.5 Å². The summed E-state index contributed by atoms with van der Waals surface area (Å²) in [5.74, 6) is 4.72. The molecule has 5 nitrogen and oxygen atoms in total. The fraction of sp³-hybridized carbons (Fsp3) is 0.125. The first kappa shape index (κ1) is 9.34. The second-order valence-electron chi connectivity index (χ2n) is 2.36. The number of carbonyl (C=O) groups excluding carboxylic acids is 1. The molecule has 13 heavy (non-hydrogen) atoms. The van der Waals surface area contributed by atoms with E-state index in [1.54, 1.807) is 0 Å². The Balaban J connectivity index is 3.06. The molecule has 0 fully saturated rings. The number of nitrogens with two attached hydrogens (primary N) is 1. The summed E-state index contributed by atoms with van der Waals surface area (Å²) in [6, 6.07) is 4.21. The molecule has 1 aromatic carbocycles. The molecule has 0 heterocycles. The fourth-order valence-corrected chi connectivity index (χ4v) is 0.902. The van der Waals surface area contributed by atoms with Crippen LogP contribution in [0.1, 0.15) is 10.4 Å². The van der Waals surface area contributed by atoms with Crippen molar-refractivity contribution in [2.75, 3.05) is 7.11 Å². The predicted molar refractivity (Wildman–Crippen MR) is 46.3 cm³/mol. The number of nitrogen functional groups attached to an aromatic ring is 1. The molecule has 0 atom stereocenters. The minimum absolute atomic E-state index is 0.0175. The van der Waals surface area contributed by atoms with E-state index in [2.05, 4.69) is 0 Å². The Morgan fingerprint density at radius 2 is 2.31 bits per heavy atom. The van der Waals surface area contributed by atoms with Crippen LogP contribution in [-0.2, 0) is 0 Å². The molecule has 0 radical (unpaired) electrons. The number of nitrogens with one attached hydrogen (secondary N) is 1. The van der Waals surface area contributed by atoms with Crippen LogP contribution in [0.4, 0.5) is 0 Å². The van der Waals surface area contributed by atoms with E-state index in [0.29, 0.717) is 5.56 Å². The highest BCUT2D eigenvalue weighted by Gasteiger charge is 2.07. The zero-order valence-electron chi connectivity index (χ0n) is 7.07. The Bertz CT molecular complexity index is 325. The van der Waals surface area contributed by atoms with Gasteiger partial charge in [0.05, 0.1) is 7.11 Å². The Labute approximate surface area is 75.1 Å². The zero-order valence-corrected chi connectivity index (χ0v) is 7.07. The van der Waals surface area contributed by atoms with Crippen LogP contribution in [0.3, 0.4) is 0 Å². The van der Waals surface area contributed by atoms with E-state index in [1.165, 1.54) is 25.3 Å². The van der Waals surface area contributed by atoms with Crippen molar-refractivity contribution in [3.05, 3.63) is 23.8 Å². The molecule has 1 amide bonds. The first-order valence-electron chi connectivity index (χ1n) is 3.57. The van der Waals surface area contributed by atoms with Crippen molar-refractivity contribution in [2.45, 2.75) is 0 Å². The van der Waals surface area contributed by atoms with E-state index >= 15 is 0 Å². The predicted octanol–water partition coefficient (Wildman–Crippen LogP) is 0.00430. The molecule has 0 aliphatic heterocycles. The SMILES string of the molecule is COc1cc(C(=O)NN)ccc1O. The Hall–Kier alpha value is -1.75. The average Bonchev–Trinajstić information content (AvgIpc) is 2.17. The standard InChI is InChI=1S/C8H10N2O3/c1-13-7-4-5(8(12)10-9)2-3-6(7)11/h2-4,11H,9H2,1H3,(H,10,12). The lowest BCUT2D eigenvalue weighted by atomic mass is 10.2. The van der Waals surface area contributed by atoms with Crippen molar-refractivity contribution in [2.24, 2.45) is 5.84 Å². The van der Waals surface area contributed by atoms with Crippen molar-refractivity contribution < 1.29 is 14.6 Å². The van der Waals surface area contributed by atoms with Gasteiger partial charge < -0.3 is 9.84 Å². The summed E-state index contributed by atoms with van der Waals surface area (Å²) < 4.78 is 4.81. The number of hydrogen-bond donors (Lipinski definition) is 3. The molecule has 0 bridgehead atoms. The number of methoxy groups -OCH3 is 1. The van der Waals surface area contributed by atoms with Gasteiger partial charge in [0.1, 0.15) is 0 Å². The molecule has 1 rings (SSSR count). The van der Waals surface area contributed by atoms with Crippen LogP contribution >= 0.6 is 0 Å². The van der Waals surface area contributed by atoms with Crippen LogP contribution in [0.25, 0.3) is 0 Å². The number of ether oxygens (including phenoxy) is 1. The number of phenolic OH excluding ortho intramolecular Hbond substituents is 1. The molecule has 0 spiro atoms. The van der Waals surface area contributed by atoms with Crippen LogP contribution in [0.2, 0.25) is 0 Å². The van der Waals surface area contributed by atoms with E-state index in [0.717, 1.165) is 0 Å². The summed E-state index contributed by atoms with van der Waals surface area (Å²) in [4.78, 5) is 11.0. The van der Waals surface area contributed by atoms with Gasteiger partial charge in [-0.25, -0.2) is 5.84 Å². The summed E-state index contributed by atoms with van der Waals surface area (Å²) in [6.45, 7) is 0. The van der Waals surface area contributed by atoms with Crippen molar-refractivity contribution in [3.63, 3.8) is 0 Å². The van der Waals surface area contributed by atoms with Crippen LogP contribution in [-0.4, -0.2) is 18.1 Å². The van der Waals surface area contributed by atoms with Crippen molar-refractivity contribution in [1.29, 1.82) is 0 Å². The van der Waals surface area contributed by atoms with Gasteiger partial charge in [-0.3, -0.25) is 10.2 Å². The molecule has 4 N–H and O–H groups in total. The summed E-state index contributed by atoms with van der Waals surface area (Å²) in [6.07, 6.45) is 0. The van der Waals surface area contributed by atoms with E-state index in [1.807, 2.05) is 5.43 Å². The summed E-state index contributed by atoms with van der Waals surface area (Å²) >= 11 is 0. The van der Waals surface area contributed by atoms with Crippen LogP contribution < -0.4 is 16.0 Å². The smallest absolute Gasteiger partial charge is 0.265 e. The van der Waals surface area contributed by atoms with E-state index < -0.39 is 5.91 Å². The molecular formula is C8H10N2O3. The van der Waals surface area contributed by atoms with Crippen LogP contribution in [0, 0.1) is 0 Å². The minimum atomic E-state index is -0.432. The summed E-state index contributed by atoms with van der Waals surface area (Å²) in [7, 11) is 1.40. The number of carbonyl (C=O) groups is 1. The first-order valence-corrected chi connectivity index (χ1v) is 3.57. The van der Waals surface area contributed by atoms with Gasteiger partial charge in [0, 0.05) is 5.56 Å². The molecule has 70 valence electrons. The van der Waals surface area contributed by atoms with Gasteiger partial charge in [-0.2, -0.15) is 0 Å². The molecule has 0 saturated heterocycles. The zero-order chi connectivity index (χ0) is 9.84. The maximum atomic E-state index is 11.0. The molecule has 1 aromatic rings. The molecule has 0 unspecified atom stereocenters. The normalized spacial score (nSPS) is 9.38. The fourth-order valence-electron chi connectivity index (χ4n) is 0.902. The number of rotatable bonds is 2. The van der Waals surface area contributed by atoms with Gasteiger partial charge in [-0.05, 0) is 18.2 Å². The quantitative estimate of drug-likeness (QED) is 0.341. The molecule has 0 aromatic heterocycles. The maximum Gasteiger partial charge on any atom is 0.265 e. The number of aromatic hydroxyl groups is 1. The van der Waals surface area contributed by atoms with Crippen molar-refractivity contribution in [3.8, 4) is 11.5 Å². The average molecular weight is 182 g/mol. The Morgan fingerprint density at radius 1 is 1.62 bits per heavy atom. The highest BCUT2D eigenvalue weighted by Crippen LogP contribution is 2.25. The van der Waals surface area contributed by atoms with Crippen molar-refractivity contribution in [1.82, 2.24) is 5.43 Å². The first-order chi connectivity index (χ1) is 6.19. The van der Waals surface area contributed by atoms with Gasteiger partial charge >= 0.3 is 0 Å². The summed E-state index contributed by atoms with van der Waals surface area (Å²) in [5, 5.41) is 9.20. The van der Waals surface area contributed by atoms with Gasteiger partial charge in [-0.15, -0.1) is 0 Å². The lowest BCUT2D eigenvalue weighted by molar-refractivity contribution is 0.0953. The lowest BCUT2D eigenvalue weighted by Gasteiger charge is -2.04. The maximum absolute atomic E-state index is 11.0. The lowest BCUT2D eigenvalue weighted by Crippen LogP contribution is -2.29. The van der Waals surface area contributed by atoms with Gasteiger partial charge in [0.15, 0.2) is 11.5 Å². The van der Waals surface area contributed by atoms with E-state index in [9.17, 15) is 9.90 Å². The number of hydrazine groups is 1. The number of hydrogen-bond acceptors (Lipinski definition) is 4. The highest BCUT2D eigenvalue weighted by molar-refractivity contribution is 5.94. The molecule has 0 aliphatic carbocycles. The third kappa shape index (κ3) is 1.88. The van der Waals surface area contributed by atoms with Crippen molar-refractivity contribution >= 4 is 5.91 Å². The van der Waals surface area contributed by atoms with Crippen LogP contribution in [0.15, 0.2) is 18.2 Å². The highest BCUT2D eigenvalue weighted by atomic mass is 16.5. The second-order valence-corrected chi connectivity index (χ2v) is 2.36. The topological polar surface area (TPSA) is 84.6 Å². The monoisotopic (exact) mass is 182 g/mol. The summed E-state index contributed by atoms with van der Waals surface area (Å²) in [5.41, 5.74) is 2.31. The number of amides is 1. The minimum Gasteiger partial charge on any atom is -0.504 e. The Morgan fingerprint density at radius 3 is 2.85 bits per heavy atom. The van der Waals surface area contributed by atoms with E-state index in [-0.39, 0.29) is 11.5 Å². The van der Waals surface area contributed by atoms with Gasteiger partial charge in [0.25, 0.3) is 5.91 Å². The van der Waals surface area contributed by atoms with E-state index in [4.69, 9.17) is 10.6 Å².